The monoisotopic (exact) mass is 332 g/mol. The van der Waals surface area contributed by atoms with E-state index < -0.39 is 0 Å². The fraction of sp³-hybridized carbons (Fsp3) is 0.333. The second-order valence-corrected chi connectivity index (χ2v) is 7.23. The van der Waals surface area contributed by atoms with Crippen LogP contribution < -0.4 is 5.73 Å². The van der Waals surface area contributed by atoms with Crippen LogP contribution in [0.25, 0.3) is 0 Å². The molecule has 7 heteroatoms. The molecule has 1 atom stereocenters. The number of thiophene rings is 2. The third-order valence-corrected chi connectivity index (χ3v) is 5.83. The summed E-state index contributed by atoms with van der Waals surface area (Å²) in [7, 11) is 0. The van der Waals surface area contributed by atoms with E-state index in [2.05, 4.69) is 44.0 Å². The van der Waals surface area contributed by atoms with Crippen LogP contribution in [-0.2, 0) is 19.5 Å². The van der Waals surface area contributed by atoms with Crippen molar-refractivity contribution in [3.8, 4) is 0 Å². The van der Waals surface area contributed by atoms with Gasteiger partial charge in [-0.05, 0) is 34.9 Å². The van der Waals surface area contributed by atoms with E-state index in [9.17, 15) is 0 Å². The molecular weight excluding hydrogens is 316 g/mol. The van der Waals surface area contributed by atoms with Gasteiger partial charge in [-0.2, -0.15) is 4.98 Å². The molecular formula is C15H16N4OS2. The van der Waals surface area contributed by atoms with Crippen molar-refractivity contribution in [2.24, 2.45) is 5.73 Å². The van der Waals surface area contributed by atoms with E-state index in [1.807, 2.05) is 11.3 Å². The van der Waals surface area contributed by atoms with Crippen LogP contribution in [0.15, 0.2) is 33.5 Å². The molecule has 22 heavy (non-hydrogen) atoms. The van der Waals surface area contributed by atoms with Crippen molar-refractivity contribution in [1.29, 1.82) is 0 Å². The molecule has 2 N–H and O–H groups in total. The van der Waals surface area contributed by atoms with Crippen LogP contribution >= 0.6 is 22.7 Å². The van der Waals surface area contributed by atoms with E-state index in [-0.39, 0.29) is 12.6 Å². The first kappa shape index (κ1) is 14.1. The van der Waals surface area contributed by atoms with Gasteiger partial charge in [-0.1, -0.05) is 11.2 Å². The summed E-state index contributed by atoms with van der Waals surface area (Å²) in [5, 5.41) is 8.36. The summed E-state index contributed by atoms with van der Waals surface area (Å²) in [5.41, 5.74) is 6.96. The molecule has 4 heterocycles. The predicted molar refractivity (Wildman–Crippen MR) is 86.8 cm³/mol. The second-order valence-electron chi connectivity index (χ2n) is 5.25. The molecule has 0 fully saturated rings. The lowest BCUT2D eigenvalue weighted by Crippen LogP contribution is -2.34. The maximum absolute atomic E-state index is 5.54. The quantitative estimate of drug-likeness (QED) is 0.796. The normalized spacial score (nSPS) is 18.5. The van der Waals surface area contributed by atoms with Crippen LogP contribution in [0.5, 0.6) is 0 Å². The fourth-order valence-electron chi connectivity index (χ4n) is 2.94. The molecule has 1 aliphatic heterocycles. The highest BCUT2D eigenvalue weighted by Gasteiger charge is 2.31. The maximum atomic E-state index is 5.54. The van der Waals surface area contributed by atoms with Crippen LogP contribution in [0, 0.1) is 0 Å². The van der Waals surface area contributed by atoms with Gasteiger partial charge in [-0.15, -0.1) is 22.7 Å². The molecule has 0 bridgehead atoms. The van der Waals surface area contributed by atoms with Crippen LogP contribution in [0.1, 0.15) is 33.1 Å². The third kappa shape index (κ3) is 2.50. The number of nitrogens with two attached hydrogens (primary N) is 1. The Hall–Kier alpha value is -1.54. The Bertz CT molecular complexity index is 749. The summed E-state index contributed by atoms with van der Waals surface area (Å²) < 4.78 is 5.13. The molecule has 3 aromatic heterocycles. The Morgan fingerprint density at radius 1 is 1.32 bits per heavy atom. The molecule has 114 valence electrons. The number of hydrogen-bond acceptors (Lipinski definition) is 7. The van der Waals surface area contributed by atoms with Crippen molar-refractivity contribution < 1.29 is 4.52 Å². The number of aromatic nitrogens is 2. The lowest BCUT2D eigenvalue weighted by atomic mass is 9.98. The van der Waals surface area contributed by atoms with Gasteiger partial charge in [-0.25, -0.2) is 0 Å². The smallest absolute Gasteiger partial charge is 0.240 e. The predicted octanol–water partition coefficient (Wildman–Crippen LogP) is 2.80. The van der Waals surface area contributed by atoms with Gasteiger partial charge in [0.05, 0.1) is 19.1 Å². The van der Waals surface area contributed by atoms with E-state index in [4.69, 9.17) is 10.3 Å². The van der Waals surface area contributed by atoms with Crippen molar-refractivity contribution in [2.75, 3.05) is 6.54 Å². The molecule has 0 saturated heterocycles. The molecule has 0 radical (unpaired) electrons. The number of nitrogens with zero attached hydrogens (tertiary/aromatic N) is 3. The van der Waals surface area contributed by atoms with Gasteiger partial charge in [0.1, 0.15) is 0 Å². The summed E-state index contributed by atoms with van der Waals surface area (Å²) in [6.45, 7) is 1.97. The lowest BCUT2D eigenvalue weighted by Gasteiger charge is -2.34. The average molecular weight is 332 g/mol. The zero-order chi connectivity index (χ0) is 14.9. The first-order valence-corrected chi connectivity index (χ1v) is 8.96. The molecule has 3 aromatic rings. The summed E-state index contributed by atoms with van der Waals surface area (Å²) in [6, 6.07) is 6.85. The van der Waals surface area contributed by atoms with Crippen LogP contribution in [-0.4, -0.2) is 21.6 Å². The van der Waals surface area contributed by atoms with E-state index in [0.717, 1.165) is 13.0 Å². The zero-order valence-electron chi connectivity index (χ0n) is 11.9. The largest absolute Gasteiger partial charge is 0.338 e. The summed E-state index contributed by atoms with van der Waals surface area (Å²) in [4.78, 5) is 9.62. The van der Waals surface area contributed by atoms with Crippen molar-refractivity contribution in [3.05, 3.63) is 56.0 Å². The van der Waals surface area contributed by atoms with Gasteiger partial charge < -0.3 is 10.3 Å². The summed E-state index contributed by atoms with van der Waals surface area (Å²) >= 11 is 3.65. The maximum Gasteiger partial charge on any atom is 0.240 e. The van der Waals surface area contributed by atoms with Crippen molar-refractivity contribution >= 4 is 22.7 Å². The summed E-state index contributed by atoms with van der Waals surface area (Å²) in [5.74, 6) is 1.21. The minimum atomic E-state index is 0.287. The Kier molecular flexibility index (Phi) is 3.79. The van der Waals surface area contributed by atoms with Crippen molar-refractivity contribution in [2.45, 2.75) is 25.6 Å². The molecule has 1 unspecified atom stereocenters. The molecule has 0 aromatic carbocycles. The SMILES string of the molecule is NCc1nc(CN2CCc3sccc3C2c2cccs2)no1. The molecule has 0 saturated carbocycles. The minimum absolute atomic E-state index is 0.287. The van der Waals surface area contributed by atoms with Gasteiger partial charge in [0, 0.05) is 16.3 Å². The molecule has 0 amide bonds. The van der Waals surface area contributed by atoms with Gasteiger partial charge in [0.2, 0.25) is 5.89 Å². The molecule has 0 aliphatic carbocycles. The van der Waals surface area contributed by atoms with Gasteiger partial charge in [0.25, 0.3) is 0 Å². The first-order valence-electron chi connectivity index (χ1n) is 7.20. The topological polar surface area (TPSA) is 68.2 Å². The van der Waals surface area contributed by atoms with Gasteiger partial charge in [0.15, 0.2) is 5.82 Å². The zero-order valence-corrected chi connectivity index (χ0v) is 13.6. The highest BCUT2D eigenvalue weighted by atomic mass is 32.1. The van der Waals surface area contributed by atoms with Crippen LogP contribution in [0.4, 0.5) is 0 Å². The Morgan fingerprint density at radius 3 is 3.05 bits per heavy atom. The van der Waals surface area contributed by atoms with E-state index in [0.29, 0.717) is 18.3 Å². The van der Waals surface area contributed by atoms with Crippen LogP contribution in [0.2, 0.25) is 0 Å². The summed E-state index contributed by atoms with van der Waals surface area (Å²) in [6.07, 6.45) is 1.08. The number of rotatable bonds is 4. The minimum Gasteiger partial charge on any atom is -0.338 e. The van der Waals surface area contributed by atoms with E-state index >= 15 is 0 Å². The number of fused-ring (bicyclic) bond motifs is 1. The van der Waals surface area contributed by atoms with Crippen molar-refractivity contribution in [3.63, 3.8) is 0 Å². The Morgan fingerprint density at radius 2 is 2.27 bits per heavy atom. The average Bonchev–Trinajstić information content (AvgIpc) is 3.28. The number of hydrogen-bond donors (Lipinski definition) is 1. The van der Waals surface area contributed by atoms with Crippen LogP contribution in [0.3, 0.4) is 0 Å². The fourth-order valence-corrected chi connectivity index (χ4v) is 4.72. The highest BCUT2D eigenvalue weighted by Crippen LogP contribution is 2.39. The standard InChI is InChI=1S/C15H16N4OS2/c16-8-14-17-13(18-20-14)9-19-5-3-11-10(4-7-22-11)15(19)12-2-1-6-21-12/h1-2,4,6-7,15H,3,5,8-9,16H2. The van der Waals surface area contributed by atoms with Gasteiger partial charge >= 0.3 is 0 Å². The first-order chi connectivity index (χ1) is 10.8. The molecule has 4 rings (SSSR count). The van der Waals surface area contributed by atoms with E-state index in [1.54, 1.807) is 11.3 Å². The lowest BCUT2D eigenvalue weighted by molar-refractivity contribution is 0.201. The third-order valence-electron chi connectivity index (χ3n) is 3.91. The van der Waals surface area contributed by atoms with Crippen molar-refractivity contribution in [1.82, 2.24) is 15.0 Å². The highest BCUT2D eigenvalue weighted by molar-refractivity contribution is 7.10. The Balaban J connectivity index is 1.66. The Labute approximate surface area is 136 Å². The molecule has 1 aliphatic rings. The second kappa shape index (κ2) is 5.92. The molecule has 0 spiro atoms. The van der Waals surface area contributed by atoms with Gasteiger partial charge in [-0.3, -0.25) is 4.90 Å². The molecule has 5 nitrogen and oxygen atoms in total. The van der Waals surface area contributed by atoms with E-state index in [1.165, 1.54) is 15.3 Å².